The molecule has 4 aromatic rings. The van der Waals surface area contributed by atoms with Crippen molar-refractivity contribution in [3.05, 3.63) is 58.7 Å². The van der Waals surface area contributed by atoms with Crippen molar-refractivity contribution in [3.8, 4) is 34.5 Å². The van der Waals surface area contributed by atoms with Gasteiger partial charge in [0.1, 0.15) is 11.0 Å². The van der Waals surface area contributed by atoms with Crippen LogP contribution in [-0.2, 0) is 0 Å². The molecular formula is C70H112N2O6S. The largest absolute Gasteiger partial charge is 0.490 e. The molecule has 0 aliphatic heterocycles. The molecule has 0 radical (unpaired) electrons. The maximum absolute atomic E-state index is 6.65. The van der Waals surface area contributed by atoms with Crippen LogP contribution in [0.25, 0.3) is 35.3 Å². The molecule has 79 heavy (non-hydrogen) atoms. The highest BCUT2D eigenvalue weighted by Crippen LogP contribution is 2.42. The highest BCUT2D eigenvalue weighted by Gasteiger charge is 2.18. The molecule has 1 heterocycles. The third-order valence-corrected chi connectivity index (χ3v) is 15.5. The lowest BCUT2D eigenvalue weighted by molar-refractivity contribution is 0.234. The summed E-state index contributed by atoms with van der Waals surface area (Å²) in [4.78, 5) is 0. The van der Waals surface area contributed by atoms with E-state index in [-0.39, 0.29) is 0 Å². The summed E-state index contributed by atoms with van der Waals surface area (Å²) in [5, 5.41) is 0. The highest BCUT2D eigenvalue weighted by molar-refractivity contribution is 7.00. The Labute approximate surface area is 487 Å². The molecule has 0 aliphatic rings. The van der Waals surface area contributed by atoms with Crippen molar-refractivity contribution < 1.29 is 28.4 Å². The van der Waals surface area contributed by atoms with Gasteiger partial charge in [0.15, 0.2) is 23.0 Å². The Kier molecular flexibility index (Phi) is 38.6. The molecule has 0 saturated carbocycles. The lowest BCUT2D eigenvalue weighted by atomic mass is 10.0. The van der Waals surface area contributed by atoms with Crippen molar-refractivity contribution in [2.24, 2.45) is 0 Å². The van der Waals surface area contributed by atoms with Crippen LogP contribution in [0.15, 0.2) is 36.4 Å². The molecule has 1 aromatic heterocycles. The van der Waals surface area contributed by atoms with Crippen LogP contribution in [0, 0.1) is 0 Å². The van der Waals surface area contributed by atoms with Crippen LogP contribution in [-0.4, -0.2) is 48.4 Å². The van der Waals surface area contributed by atoms with Crippen molar-refractivity contribution in [1.29, 1.82) is 0 Å². The quantitative estimate of drug-likeness (QED) is 0.0320. The van der Waals surface area contributed by atoms with Crippen LogP contribution in [0.5, 0.6) is 34.5 Å². The summed E-state index contributed by atoms with van der Waals surface area (Å²) in [6.45, 7) is 17.5. The normalized spacial score (nSPS) is 11.7. The van der Waals surface area contributed by atoms with Crippen LogP contribution in [0.1, 0.15) is 295 Å². The molecular weight excluding hydrogens is 997 g/mol. The molecule has 3 aromatic carbocycles. The van der Waals surface area contributed by atoms with Crippen molar-refractivity contribution in [3.63, 3.8) is 0 Å². The minimum atomic E-state index is 0.652. The summed E-state index contributed by atoms with van der Waals surface area (Å²) in [5.74, 6) is 4.56. The Morgan fingerprint density at radius 1 is 0.291 bits per heavy atom. The average molecular weight is 1110 g/mol. The van der Waals surface area contributed by atoms with Crippen LogP contribution in [0.3, 0.4) is 0 Å². The minimum absolute atomic E-state index is 0.652. The fraction of sp³-hybridized carbons (Fsp3) is 0.686. The molecule has 0 bridgehead atoms. The molecule has 0 fully saturated rings. The molecule has 0 atom stereocenters. The summed E-state index contributed by atoms with van der Waals surface area (Å²) in [7, 11) is 0. The second kappa shape index (κ2) is 45.4. The van der Waals surface area contributed by atoms with E-state index in [0.29, 0.717) is 39.6 Å². The zero-order chi connectivity index (χ0) is 56.1. The first kappa shape index (κ1) is 67.3. The highest BCUT2D eigenvalue weighted by atomic mass is 32.1. The lowest BCUT2D eigenvalue weighted by Crippen LogP contribution is -2.07. The number of ether oxygens (including phenoxy) is 6. The maximum Gasteiger partial charge on any atom is 0.203 e. The van der Waals surface area contributed by atoms with Gasteiger partial charge in [-0.25, -0.2) is 0 Å². The van der Waals surface area contributed by atoms with Gasteiger partial charge in [0, 0.05) is 11.1 Å². The first-order valence-electron chi connectivity index (χ1n) is 32.8. The van der Waals surface area contributed by atoms with Gasteiger partial charge in [-0.2, -0.15) is 8.75 Å². The molecule has 9 heteroatoms. The third kappa shape index (κ3) is 28.8. The number of fused-ring (bicyclic) bond motifs is 1. The molecule has 0 amide bonds. The monoisotopic (exact) mass is 1110 g/mol. The summed E-state index contributed by atoms with van der Waals surface area (Å²) in [5.41, 5.74) is 5.79. The van der Waals surface area contributed by atoms with Crippen molar-refractivity contribution >= 4 is 47.1 Å². The predicted octanol–water partition coefficient (Wildman–Crippen LogP) is 22.5. The Morgan fingerprint density at radius 2 is 0.519 bits per heavy atom. The van der Waals surface area contributed by atoms with Crippen molar-refractivity contribution in [2.45, 2.75) is 273 Å². The molecule has 4 rings (SSSR count). The van der Waals surface area contributed by atoms with E-state index in [1.807, 2.05) is 0 Å². The van der Waals surface area contributed by atoms with E-state index in [2.05, 4.69) is 102 Å². The smallest absolute Gasteiger partial charge is 0.203 e. The number of rotatable bonds is 52. The van der Waals surface area contributed by atoms with Gasteiger partial charge in [0.25, 0.3) is 0 Å². The zero-order valence-corrected chi connectivity index (χ0v) is 52.0. The molecule has 0 unspecified atom stereocenters. The fourth-order valence-corrected chi connectivity index (χ4v) is 10.6. The predicted molar refractivity (Wildman–Crippen MR) is 341 cm³/mol. The van der Waals surface area contributed by atoms with Gasteiger partial charge in [0.05, 0.1) is 51.4 Å². The Balaban J connectivity index is 1.63. The van der Waals surface area contributed by atoms with Crippen molar-refractivity contribution in [1.82, 2.24) is 8.75 Å². The van der Waals surface area contributed by atoms with Crippen LogP contribution in [0.2, 0.25) is 0 Å². The zero-order valence-electron chi connectivity index (χ0n) is 51.2. The average Bonchev–Trinajstić information content (AvgIpc) is 4.02. The van der Waals surface area contributed by atoms with E-state index in [9.17, 15) is 0 Å². The number of hydrogen-bond donors (Lipinski definition) is 0. The third-order valence-electron chi connectivity index (χ3n) is 15.0. The summed E-state index contributed by atoms with van der Waals surface area (Å²) in [6, 6.07) is 12.9. The lowest BCUT2D eigenvalue weighted by Gasteiger charge is -2.18. The Hall–Kier alpha value is -4.24. The van der Waals surface area contributed by atoms with E-state index in [1.165, 1.54) is 204 Å². The number of aromatic nitrogens is 2. The SMILES string of the molecule is CCCCCCCCOc1cc(/C=C/c2ccc(/C=C/c3cc(OCCCCCCCC)c(OCCCCCCCC)c(OCCCCCCCC)c3)c3nsnc23)cc(OCCCCCCCC)c1OCCCCCCCC. The fourth-order valence-electron chi connectivity index (χ4n) is 10.0. The van der Waals surface area contributed by atoms with E-state index in [0.717, 1.165) is 106 Å². The van der Waals surface area contributed by atoms with Gasteiger partial charge in [0.2, 0.25) is 11.5 Å². The minimum Gasteiger partial charge on any atom is -0.490 e. The number of nitrogens with zero attached hydrogens (tertiary/aromatic N) is 2. The van der Waals surface area contributed by atoms with Crippen LogP contribution in [0.4, 0.5) is 0 Å². The summed E-state index contributed by atoms with van der Waals surface area (Å²) >= 11 is 1.26. The first-order chi connectivity index (χ1) is 39.1. The van der Waals surface area contributed by atoms with Crippen LogP contribution < -0.4 is 28.4 Å². The second-order valence-electron chi connectivity index (χ2n) is 22.3. The van der Waals surface area contributed by atoms with Gasteiger partial charge in [-0.1, -0.05) is 271 Å². The summed E-state index contributed by atoms with van der Waals surface area (Å²) < 4.78 is 49.6. The van der Waals surface area contributed by atoms with E-state index < -0.39 is 0 Å². The van der Waals surface area contributed by atoms with E-state index >= 15 is 0 Å². The van der Waals surface area contributed by atoms with Gasteiger partial charge in [-0.05, 0) is 73.9 Å². The van der Waals surface area contributed by atoms with Crippen molar-refractivity contribution in [2.75, 3.05) is 39.6 Å². The Bertz CT molecular complexity index is 1960. The topological polar surface area (TPSA) is 81.2 Å². The molecule has 0 N–H and O–H groups in total. The summed E-state index contributed by atoms with van der Waals surface area (Å²) in [6.07, 6.45) is 52.2. The maximum atomic E-state index is 6.65. The van der Waals surface area contributed by atoms with E-state index in [1.54, 1.807) is 0 Å². The van der Waals surface area contributed by atoms with Gasteiger partial charge >= 0.3 is 0 Å². The van der Waals surface area contributed by atoms with Gasteiger partial charge in [-0.15, -0.1) is 0 Å². The number of benzene rings is 3. The molecule has 0 saturated heterocycles. The number of hydrogen-bond acceptors (Lipinski definition) is 9. The Morgan fingerprint density at radius 3 is 0.772 bits per heavy atom. The molecule has 444 valence electrons. The second-order valence-corrected chi connectivity index (χ2v) is 22.8. The van der Waals surface area contributed by atoms with Crippen LogP contribution >= 0.6 is 11.7 Å². The number of unbranched alkanes of at least 4 members (excludes halogenated alkanes) is 30. The van der Waals surface area contributed by atoms with Gasteiger partial charge in [-0.3, -0.25) is 0 Å². The molecule has 0 aliphatic carbocycles. The molecule has 0 spiro atoms. The first-order valence-corrected chi connectivity index (χ1v) is 33.5. The standard InChI is InChI=1S/C70H112N2O6S/c1-7-13-19-25-31-37-49-73-63-55-59(56-64(74-50-38-32-26-20-14-8-2)69(63)77-53-41-35-29-23-17-11-5)43-45-61-47-48-62(68-67(61)71-79-72-68)46-44-60-57-65(75-51-39-33-27-21-15-9-3)70(78-54-42-36-30-24-18-12-6)66(58-60)76-52-40-34-28-22-16-10-4/h43-48,55-58H,7-42,49-54H2,1-6H3/b45-43+,46-44+. The van der Waals surface area contributed by atoms with Gasteiger partial charge < -0.3 is 28.4 Å². The van der Waals surface area contributed by atoms with E-state index in [4.69, 9.17) is 37.2 Å². The molecule has 8 nitrogen and oxygen atoms in total.